The molecule has 0 bridgehead atoms. The second kappa shape index (κ2) is 8.14. The van der Waals surface area contributed by atoms with Crippen LogP contribution in [0.2, 0.25) is 5.02 Å². The lowest BCUT2D eigenvalue weighted by molar-refractivity contribution is -0.136. The molecule has 3 rings (SSSR count). The summed E-state index contributed by atoms with van der Waals surface area (Å²) in [6, 6.07) is 4.97. The van der Waals surface area contributed by atoms with Crippen LogP contribution in [0, 0.1) is 0 Å². The van der Waals surface area contributed by atoms with Gasteiger partial charge in [-0.25, -0.2) is 4.79 Å². The Morgan fingerprint density at radius 3 is 2.46 bits per heavy atom. The van der Waals surface area contributed by atoms with Crippen molar-refractivity contribution in [2.24, 2.45) is 0 Å². The highest BCUT2D eigenvalue weighted by Gasteiger charge is 2.33. The number of methoxy groups -OCH3 is 1. The smallest absolute Gasteiger partial charge is 0.322 e. The number of nitrogens with zero attached hydrogens (tertiary/aromatic N) is 3. The van der Waals surface area contributed by atoms with E-state index in [-0.39, 0.29) is 18.0 Å². The van der Waals surface area contributed by atoms with Crippen LogP contribution < -0.4 is 10.1 Å². The highest BCUT2D eigenvalue weighted by molar-refractivity contribution is 6.34. The van der Waals surface area contributed by atoms with Crippen molar-refractivity contribution in [1.29, 1.82) is 0 Å². The molecular weight excluding hydrogens is 356 g/mol. The van der Waals surface area contributed by atoms with E-state index in [1.165, 1.54) is 7.11 Å². The summed E-state index contributed by atoms with van der Waals surface area (Å²) >= 11 is 6.17. The fraction of sp³-hybridized carbons (Fsp3) is 0.556. The van der Waals surface area contributed by atoms with Gasteiger partial charge >= 0.3 is 6.03 Å². The lowest BCUT2D eigenvalue weighted by atomic mass is 10.2. The van der Waals surface area contributed by atoms with E-state index in [9.17, 15) is 9.59 Å². The fourth-order valence-electron chi connectivity index (χ4n) is 3.54. The Kier molecular flexibility index (Phi) is 5.88. The van der Waals surface area contributed by atoms with Crippen molar-refractivity contribution < 1.29 is 14.3 Å². The minimum Gasteiger partial charge on any atom is -0.495 e. The maximum absolute atomic E-state index is 12.6. The molecule has 0 radical (unpaired) electrons. The summed E-state index contributed by atoms with van der Waals surface area (Å²) in [6.45, 7) is 3.08. The molecule has 2 aliphatic rings. The van der Waals surface area contributed by atoms with E-state index < -0.39 is 0 Å². The Balaban J connectivity index is 1.56. The van der Waals surface area contributed by atoms with Crippen LogP contribution in [-0.4, -0.2) is 79.6 Å². The molecule has 1 aromatic carbocycles. The fourth-order valence-corrected chi connectivity index (χ4v) is 3.76. The van der Waals surface area contributed by atoms with E-state index in [4.69, 9.17) is 16.3 Å². The average molecular weight is 381 g/mol. The number of ether oxygens (including phenoxy) is 1. The number of hydrogen-bond acceptors (Lipinski definition) is 4. The third-order valence-electron chi connectivity index (χ3n) is 5.11. The van der Waals surface area contributed by atoms with Crippen LogP contribution in [0.4, 0.5) is 10.5 Å². The molecule has 7 nitrogen and oxygen atoms in total. The highest BCUT2D eigenvalue weighted by atomic mass is 35.5. The molecular formula is C18H25ClN4O3. The largest absolute Gasteiger partial charge is 0.495 e. The van der Waals surface area contributed by atoms with Gasteiger partial charge in [0.2, 0.25) is 5.91 Å². The van der Waals surface area contributed by atoms with Crippen LogP contribution in [0.5, 0.6) is 5.75 Å². The Hall–Kier alpha value is -1.99. The summed E-state index contributed by atoms with van der Waals surface area (Å²) in [5.41, 5.74) is 0.466. The number of halogens is 1. The number of para-hydroxylation sites is 1. The monoisotopic (exact) mass is 380 g/mol. The van der Waals surface area contributed by atoms with Gasteiger partial charge in [-0.1, -0.05) is 17.7 Å². The van der Waals surface area contributed by atoms with Gasteiger partial charge in [0.25, 0.3) is 0 Å². The average Bonchev–Trinajstić information content (AvgIpc) is 3.08. The van der Waals surface area contributed by atoms with Crippen molar-refractivity contribution in [2.45, 2.75) is 18.9 Å². The molecule has 1 unspecified atom stereocenters. The zero-order chi connectivity index (χ0) is 18.7. The minimum absolute atomic E-state index is 0.0113. The minimum atomic E-state index is -0.235. The number of carbonyl (C=O) groups excluding carboxylic acids is 2. The summed E-state index contributed by atoms with van der Waals surface area (Å²) < 4.78 is 5.25. The predicted molar refractivity (Wildman–Crippen MR) is 101 cm³/mol. The molecule has 1 N–H and O–H groups in total. The van der Waals surface area contributed by atoms with Crippen molar-refractivity contribution in [3.63, 3.8) is 0 Å². The van der Waals surface area contributed by atoms with Crippen LogP contribution in [0.25, 0.3) is 0 Å². The second-order valence-corrected chi connectivity index (χ2v) is 7.11. The molecule has 1 atom stereocenters. The van der Waals surface area contributed by atoms with Crippen molar-refractivity contribution in [2.75, 3.05) is 52.2 Å². The number of hydrogen-bond donors (Lipinski definition) is 1. The first kappa shape index (κ1) is 18.8. The predicted octanol–water partition coefficient (Wildman–Crippen LogP) is 2.12. The van der Waals surface area contributed by atoms with Gasteiger partial charge in [-0.15, -0.1) is 0 Å². The van der Waals surface area contributed by atoms with Crippen LogP contribution in [0.3, 0.4) is 0 Å². The van der Waals surface area contributed by atoms with Crippen molar-refractivity contribution in [3.8, 4) is 5.75 Å². The summed E-state index contributed by atoms with van der Waals surface area (Å²) in [7, 11) is 3.53. The van der Waals surface area contributed by atoms with E-state index in [0.29, 0.717) is 42.6 Å². The number of benzene rings is 1. The number of likely N-dealkylation sites (tertiary alicyclic amines) is 1. The Labute approximate surface area is 158 Å². The van der Waals surface area contributed by atoms with E-state index in [2.05, 4.69) is 10.2 Å². The second-order valence-electron chi connectivity index (χ2n) is 6.70. The Bertz CT molecular complexity index is 676. The molecule has 26 heavy (non-hydrogen) atoms. The zero-order valence-electron chi connectivity index (χ0n) is 15.2. The molecule has 8 heteroatoms. The number of piperazine rings is 1. The first-order valence-electron chi connectivity index (χ1n) is 8.88. The SMILES string of the molecule is COc1cccc(Cl)c1NC(=O)N1CCN(C(=O)C2CCCN2C)CC1. The van der Waals surface area contributed by atoms with Crippen LogP contribution in [-0.2, 0) is 4.79 Å². The maximum atomic E-state index is 12.6. The number of amides is 3. The Morgan fingerprint density at radius 1 is 1.15 bits per heavy atom. The normalized spacial score (nSPS) is 21.0. The van der Waals surface area contributed by atoms with Gasteiger partial charge < -0.3 is 19.9 Å². The summed E-state index contributed by atoms with van der Waals surface area (Å²) in [5.74, 6) is 0.696. The standard InChI is InChI=1S/C18H25ClN4O3/c1-21-8-4-6-14(21)17(24)22-9-11-23(12-10-22)18(25)20-16-13(19)5-3-7-15(16)26-2/h3,5,7,14H,4,6,8-12H2,1-2H3,(H,20,25). The van der Waals surface area contributed by atoms with Crippen molar-refractivity contribution in [3.05, 3.63) is 23.2 Å². The molecule has 0 spiro atoms. The molecule has 3 amide bonds. The number of carbonyl (C=O) groups is 2. The molecule has 0 saturated carbocycles. The molecule has 0 aliphatic carbocycles. The molecule has 2 heterocycles. The van der Waals surface area contributed by atoms with Gasteiger partial charge in [0, 0.05) is 26.2 Å². The maximum Gasteiger partial charge on any atom is 0.322 e. The topological polar surface area (TPSA) is 65.1 Å². The van der Waals surface area contributed by atoms with E-state index >= 15 is 0 Å². The van der Waals surface area contributed by atoms with Gasteiger partial charge in [0.15, 0.2) is 0 Å². The first-order valence-corrected chi connectivity index (χ1v) is 9.26. The molecule has 2 aliphatic heterocycles. The number of likely N-dealkylation sites (N-methyl/N-ethyl adjacent to an activating group) is 1. The number of nitrogens with one attached hydrogen (secondary N) is 1. The molecule has 1 aromatic rings. The lowest BCUT2D eigenvalue weighted by Gasteiger charge is -2.36. The highest BCUT2D eigenvalue weighted by Crippen LogP contribution is 2.32. The molecule has 2 fully saturated rings. The zero-order valence-corrected chi connectivity index (χ0v) is 16.0. The van der Waals surface area contributed by atoms with Gasteiger partial charge in [-0.3, -0.25) is 9.69 Å². The molecule has 0 aromatic heterocycles. The lowest BCUT2D eigenvalue weighted by Crippen LogP contribution is -2.55. The molecule has 142 valence electrons. The third kappa shape index (κ3) is 3.88. The van der Waals surface area contributed by atoms with Crippen LogP contribution >= 0.6 is 11.6 Å². The summed E-state index contributed by atoms with van der Waals surface area (Å²) in [5, 5.41) is 3.25. The van der Waals surface area contributed by atoms with Gasteiger partial charge in [-0.05, 0) is 38.6 Å². The summed E-state index contributed by atoms with van der Waals surface area (Å²) in [6.07, 6.45) is 1.98. The third-order valence-corrected chi connectivity index (χ3v) is 5.43. The molecule has 2 saturated heterocycles. The van der Waals surface area contributed by atoms with E-state index in [0.717, 1.165) is 19.4 Å². The number of rotatable bonds is 3. The summed E-state index contributed by atoms with van der Waals surface area (Å²) in [4.78, 5) is 30.9. The van der Waals surface area contributed by atoms with E-state index in [1.807, 2.05) is 11.9 Å². The first-order chi connectivity index (χ1) is 12.5. The number of anilines is 1. The van der Waals surface area contributed by atoms with Gasteiger partial charge in [-0.2, -0.15) is 0 Å². The van der Waals surface area contributed by atoms with E-state index in [1.54, 1.807) is 23.1 Å². The Morgan fingerprint density at radius 2 is 1.85 bits per heavy atom. The van der Waals surface area contributed by atoms with Crippen molar-refractivity contribution in [1.82, 2.24) is 14.7 Å². The van der Waals surface area contributed by atoms with Gasteiger partial charge in [0.05, 0.1) is 18.2 Å². The van der Waals surface area contributed by atoms with Crippen LogP contribution in [0.15, 0.2) is 18.2 Å². The quantitative estimate of drug-likeness (QED) is 0.872. The van der Waals surface area contributed by atoms with Crippen LogP contribution in [0.1, 0.15) is 12.8 Å². The van der Waals surface area contributed by atoms with Gasteiger partial charge in [0.1, 0.15) is 11.4 Å². The van der Waals surface area contributed by atoms with Crippen molar-refractivity contribution >= 4 is 29.2 Å². The number of urea groups is 1.